The SMILES string of the molecule is C#CCCNC(=O)Sc1cccc(CCC)c1. The van der Waals surface area contributed by atoms with Gasteiger partial charge in [-0.1, -0.05) is 25.5 Å². The molecular formula is C14H17NOS. The average molecular weight is 247 g/mol. The second-order valence-electron chi connectivity index (χ2n) is 3.67. The monoisotopic (exact) mass is 247 g/mol. The van der Waals surface area contributed by atoms with Gasteiger partial charge >= 0.3 is 0 Å². The molecule has 0 aliphatic carbocycles. The number of aryl methyl sites for hydroxylation is 1. The predicted molar refractivity (Wildman–Crippen MR) is 73.1 cm³/mol. The van der Waals surface area contributed by atoms with Crippen molar-refractivity contribution in [3.63, 3.8) is 0 Å². The van der Waals surface area contributed by atoms with Crippen molar-refractivity contribution in [2.24, 2.45) is 0 Å². The summed E-state index contributed by atoms with van der Waals surface area (Å²) in [5.41, 5.74) is 1.27. The lowest BCUT2D eigenvalue weighted by molar-refractivity contribution is 0.261. The van der Waals surface area contributed by atoms with E-state index in [9.17, 15) is 4.79 Å². The number of rotatable bonds is 5. The molecular weight excluding hydrogens is 230 g/mol. The largest absolute Gasteiger partial charge is 0.346 e. The molecule has 0 saturated carbocycles. The van der Waals surface area contributed by atoms with Gasteiger partial charge < -0.3 is 5.32 Å². The lowest BCUT2D eigenvalue weighted by Gasteiger charge is -2.04. The van der Waals surface area contributed by atoms with Crippen LogP contribution < -0.4 is 5.32 Å². The number of hydrogen-bond acceptors (Lipinski definition) is 2. The van der Waals surface area contributed by atoms with E-state index in [1.165, 1.54) is 17.3 Å². The van der Waals surface area contributed by atoms with Gasteiger partial charge in [0.1, 0.15) is 0 Å². The van der Waals surface area contributed by atoms with Crippen LogP contribution in [-0.2, 0) is 6.42 Å². The summed E-state index contributed by atoms with van der Waals surface area (Å²) < 4.78 is 0. The standard InChI is InChI=1S/C14H17NOS/c1-3-5-10-15-14(16)17-13-9-6-8-12(11-13)7-4-2/h1,6,8-9,11H,4-5,7,10H2,2H3,(H,15,16). The number of nitrogens with one attached hydrogen (secondary N) is 1. The Kier molecular flexibility index (Phi) is 6.27. The number of carbonyl (C=O) groups excluding carboxylic acids is 1. The summed E-state index contributed by atoms with van der Waals surface area (Å²) >= 11 is 1.22. The zero-order valence-corrected chi connectivity index (χ0v) is 10.8. The van der Waals surface area contributed by atoms with Gasteiger partial charge in [-0.05, 0) is 35.9 Å². The number of amides is 1. The summed E-state index contributed by atoms with van der Waals surface area (Å²) in [5.74, 6) is 2.49. The molecule has 90 valence electrons. The molecule has 0 saturated heterocycles. The minimum atomic E-state index is -0.0473. The molecule has 1 rings (SSSR count). The summed E-state index contributed by atoms with van der Waals surface area (Å²) in [6.07, 6.45) is 7.85. The van der Waals surface area contributed by atoms with Crippen LogP contribution in [0.2, 0.25) is 0 Å². The van der Waals surface area contributed by atoms with Crippen LogP contribution in [0, 0.1) is 12.3 Å². The third kappa shape index (κ3) is 5.46. The topological polar surface area (TPSA) is 29.1 Å². The van der Waals surface area contributed by atoms with E-state index in [1.54, 1.807) is 0 Å². The minimum absolute atomic E-state index is 0.0473. The van der Waals surface area contributed by atoms with Crippen molar-refractivity contribution in [2.75, 3.05) is 6.54 Å². The van der Waals surface area contributed by atoms with Crippen LogP contribution in [0.4, 0.5) is 4.79 Å². The van der Waals surface area contributed by atoms with Crippen LogP contribution in [0.25, 0.3) is 0 Å². The Morgan fingerprint density at radius 2 is 2.35 bits per heavy atom. The highest BCUT2D eigenvalue weighted by atomic mass is 32.2. The quantitative estimate of drug-likeness (QED) is 0.490. The van der Waals surface area contributed by atoms with Gasteiger partial charge in [0.2, 0.25) is 0 Å². The van der Waals surface area contributed by atoms with E-state index in [1.807, 2.05) is 12.1 Å². The maximum atomic E-state index is 11.5. The molecule has 0 spiro atoms. The van der Waals surface area contributed by atoms with E-state index in [0.29, 0.717) is 13.0 Å². The van der Waals surface area contributed by atoms with Crippen LogP contribution in [-0.4, -0.2) is 11.8 Å². The lowest BCUT2D eigenvalue weighted by atomic mass is 10.1. The number of thioether (sulfide) groups is 1. The number of terminal acetylenes is 1. The number of carbonyl (C=O) groups is 1. The fraction of sp³-hybridized carbons (Fsp3) is 0.357. The average Bonchev–Trinajstić information content (AvgIpc) is 2.30. The molecule has 0 aromatic heterocycles. The molecule has 1 aromatic carbocycles. The van der Waals surface area contributed by atoms with Gasteiger partial charge in [-0.2, -0.15) is 0 Å². The molecule has 0 bridgehead atoms. The van der Waals surface area contributed by atoms with Gasteiger partial charge in [0.25, 0.3) is 5.24 Å². The van der Waals surface area contributed by atoms with Gasteiger partial charge in [0.05, 0.1) is 0 Å². The maximum Gasteiger partial charge on any atom is 0.283 e. The first-order valence-electron chi connectivity index (χ1n) is 5.74. The summed E-state index contributed by atoms with van der Waals surface area (Å²) in [6.45, 7) is 2.68. The second-order valence-corrected chi connectivity index (χ2v) is 4.71. The smallest absolute Gasteiger partial charge is 0.283 e. The fourth-order valence-corrected chi connectivity index (χ4v) is 2.18. The molecule has 0 aliphatic rings. The first-order chi connectivity index (χ1) is 8.26. The summed E-state index contributed by atoms with van der Waals surface area (Å²) in [7, 11) is 0. The van der Waals surface area contributed by atoms with Crippen LogP contribution >= 0.6 is 11.8 Å². The molecule has 1 amide bonds. The van der Waals surface area contributed by atoms with Crippen LogP contribution in [0.5, 0.6) is 0 Å². The number of benzene rings is 1. The van der Waals surface area contributed by atoms with E-state index in [0.717, 1.165) is 17.7 Å². The van der Waals surface area contributed by atoms with Gasteiger partial charge in [-0.15, -0.1) is 12.3 Å². The Balaban J connectivity index is 2.47. The highest BCUT2D eigenvalue weighted by Gasteiger charge is 2.03. The molecule has 0 fully saturated rings. The molecule has 3 heteroatoms. The van der Waals surface area contributed by atoms with Gasteiger partial charge in [0.15, 0.2) is 0 Å². The Morgan fingerprint density at radius 1 is 1.53 bits per heavy atom. The Labute approximate surface area is 107 Å². The van der Waals surface area contributed by atoms with E-state index in [2.05, 4.69) is 30.3 Å². The van der Waals surface area contributed by atoms with Crippen molar-refractivity contribution in [3.8, 4) is 12.3 Å². The van der Waals surface area contributed by atoms with Crippen molar-refractivity contribution >= 4 is 17.0 Å². The zero-order chi connectivity index (χ0) is 12.5. The van der Waals surface area contributed by atoms with Crippen LogP contribution in [0.3, 0.4) is 0 Å². The van der Waals surface area contributed by atoms with Crippen molar-refractivity contribution in [1.82, 2.24) is 5.32 Å². The highest BCUT2D eigenvalue weighted by Crippen LogP contribution is 2.20. The molecule has 2 nitrogen and oxygen atoms in total. The van der Waals surface area contributed by atoms with E-state index >= 15 is 0 Å². The summed E-state index contributed by atoms with van der Waals surface area (Å²) in [6, 6.07) is 8.09. The van der Waals surface area contributed by atoms with Gasteiger partial charge in [-0.3, -0.25) is 4.79 Å². The Morgan fingerprint density at radius 3 is 3.06 bits per heavy atom. The van der Waals surface area contributed by atoms with Gasteiger partial charge in [-0.25, -0.2) is 0 Å². The fourth-order valence-electron chi connectivity index (χ4n) is 1.43. The lowest BCUT2D eigenvalue weighted by Crippen LogP contribution is -2.19. The first-order valence-corrected chi connectivity index (χ1v) is 6.56. The summed E-state index contributed by atoms with van der Waals surface area (Å²) in [4.78, 5) is 12.5. The molecule has 1 aromatic rings. The number of hydrogen-bond donors (Lipinski definition) is 1. The van der Waals surface area contributed by atoms with E-state index < -0.39 is 0 Å². The van der Waals surface area contributed by atoms with Crippen molar-refractivity contribution in [2.45, 2.75) is 31.1 Å². The predicted octanol–water partition coefficient (Wildman–Crippen LogP) is 3.46. The molecule has 17 heavy (non-hydrogen) atoms. The Hall–Kier alpha value is -1.40. The normalized spacial score (nSPS) is 9.65. The molecule has 0 atom stereocenters. The molecule has 0 radical (unpaired) electrons. The Bertz CT molecular complexity index is 409. The summed E-state index contributed by atoms with van der Waals surface area (Å²) in [5, 5.41) is 2.72. The molecule has 0 unspecified atom stereocenters. The third-order valence-corrected chi connectivity index (χ3v) is 3.01. The third-order valence-electron chi connectivity index (χ3n) is 2.19. The maximum absolute atomic E-state index is 11.5. The highest BCUT2D eigenvalue weighted by molar-refractivity contribution is 8.13. The second kappa shape index (κ2) is 7.81. The van der Waals surface area contributed by atoms with Crippen LogP contribution in [0.1, 0.15) is 25.3 Å². The molecule has 1 N–H and O–H groups in total. The van der Waals surface area contributed by atoms with Crippen molar-refractivity contribution in [3.05, 3.63) is 29.8 Å². The van der Waals surface area contributed by atoms with E-state index in [4.69, 9.17) is 6.42 Å². The zero-order valence-electron chi connectivity index (χ0n) is 10.0. The molecule has 0 heterocycles. The minimum Gasteiger partial charge on any atom is -0.346 e. The van der Waals surface area contributed by atoms with Crippen molar-refractivity contribution in [1.29, 1.82) is 0 Å². The van der Waals surface area contributed by atoms with E-state index in [-0.39, 0.29) is 5.24 Å². The van der Waals surface area contributed by atoms with Crippen LogP contribution in [0.15, 0.2) is 29.2 Å². The van der Waals surface area contributed by atoms with Gasteiger partial charge in [0, 0.05) is 17.9 Å². The first kappa shape index (κ1) is 13.7. The molecule has 0 aliphatic heterocycles. The van der Waals surface area contributed by atoms with Crippen molar-refractivity contribution < 1.29 is 4.79 Å².